The van der Waals surface area contributed by atoms with Crippen LogP contribution in [-0.4, -0.2) is 6.61 Å². The van der Waals surface area contributed by atoms with Crippen LogP contribution in [0.1, 0.15) is 24.5 Å². The van der Waals surface area contributed by atoms with Crippen LogP contribution < -0.4 is 0 Å². The molecule has 0 saturated carbocycles. The molecule has 0 bridgehead atoms. The van der Waals surface area contributed by atoms with Gasteiger partial charge in [-0.25, -0.2) is 0 Å². The summed E-state index contributed by atoms with van der Waals surface area (Å²) in [4.78, 5) is 0. The van der Waals surface area contributed by atoms with Crippen LogP contribution in [0.15, 0.2) is 30.3 Å². The summed E-state index contributed by atoms with van der Waals surface area (Å²) in [5.74, 6) is 0. The van der Waals surface area contributed by atoms with Crippen molar-refractivity contribution in [2.75, 3.05) is 6.61 Å². The summed E-state index contributed by atoms with van der Waals surface area (Å²) < 4.78 is 5.61. The summed E-state index contributed by atoms with van der Waals surface area (Å²) in [6, 6.07) is 10.4. The Bertz CT molecular complexity index is 224. The van der Waals surface area contributed by atoms with Crippen molar-refractivity contribution in [1.29, 1.82) is 0 Å². The standard InChI is InChI=1S/C11H13O/c1-2-6-10(7-3-1)11-8-4-5-9-12-11/h1-3,6-8,11H,4-5,9H2. The molecule has 0 aromatic heterocycles. The van der Waals surface area contributed by atoms with Crippen LogP contribution >= 0.6 is 0 Å². The summed E-state index contributed by atoms with van der Waals surface area (Å²) >= 11 is 0. The lowest BCUT2D eigenvalue weighted by Gasteiger charge is -2.22. The smallest absolute Gasteiger partial charge is 0.0856 e. The molecule has 1 fully saturated rings. The number of hydrogen-bond acceptors (Lipinski definition) is 1. The van der Waals surface area contributed by atoms with Gasteiger partial charge in [0.1, 0.15) is 0 Å². The SMILES string of the molecule is [CH]1CCCOC1c1ccccc1. The third kappa shape index (κ3) is 1.67. The maximum absolute atomic E-state index is 5.61. The van der Waals surface area contributed by atoms with E-state index in [0.717, 1.165) is 6.61 Å². The van der Waals surface area contributed by atoms with Gasteiger partial charge in [0.15, 0.2) is 0 Å². The average Bonchev–Trinajstić information content (AvgIpc) is 2.21. The molecule has 1 aliphatic heterocycles. The highest BCUT2D eigenvalue weighted by Gasteiger charge is 2.14. The maximum atomic E-state index is 5.61. The topological polar surface area (TPSA) is 9.23 Å². The van der Waals surface area contributed by atoms with Crippen molar-refractivity contribution < 1.29 is 4.74 Å². The molecule has 1 heterocycles. The molecule has 0 amide bonds. The Kier molecular flexibility index (Phi) is 2.42. The van der Waals surface area contributed by atoms with Crippen molar-refractivity contribution >= 4 is 0 Å². The summed E-state index contributed by atoms with van der Waals surface area (Å²) in [5, 5.41) is 0. The van der Waals surface area contributed by atoms with Crippen molar-refractivity contribution in [2.24, 2.45) is 0 Å². The van der Waals surface area contributed by atoms with Crippen LogP contribution in [0.3, 0.4) is 0 Å². The van der Waals surface area contributed by atoms with E-state index in [-0.39, 0.29) is 6.10 Å². The second-order valence-electron chi connectivity index (χ2n) is 3.08. The monoisotopic (exact) mass is 161 g/mol. The molecule has 1 nitrogen and oxygen atoms in total. The van der Waals surface area contributed by atoms with Crippen LogP contribution in [0, 0.1) is 6.42 Å². The molecule has 63 valence electrons. The second-order valence-corrected chi connectivity index (χ2v) is 3.08. The van der Waals surface area contributed by atoms with Gasteiger partial charge in [-0.05, 0) is 24.8 Å². The van der Waals surface area contributed by atoms with E-state index in [4.69, 9.17) is 4.74 Å². The van der Waals surface area contributed by atoms with Gasteiger partial charge in [-0.1, -0.05) is 30.3 Å². The van der Waals surface area contributed by atoms with E-state index in [1.165, 1.54) is 18.4 Å². The zero-order chi connectivity index (χ0) is 8.23. The minimum atomic E-state index is 0.236. The molecular weight excluding hydrogens is 148 g/mol. The lowest BCUT2D eigenvalue weighted by molar-refractivity contribution is 0.0488. The molecule has 0 N–H and O–H groups in total. The fourth-order valence-corrected chi connectivity index (χ4v) is 1.51. The van der Waals surface area contributed by atoms with Crippen LogP contribution in [0.4, 0.5) is 0 Å². The van der Waals surface area contributed by atoms with E-state index in [1.54, 1.807) is 0 Å². The highest BCUT2D eigenvalue weighted by molar-refractivity contribution is 5.20. The molecule has 1 heteroatoms. The molecule has 1 atom stereocenters. The van der Waals surface area contributed by atoms with Gasteiger partial charge in [0.05, 0.1) is 6.10 Å². The van der Waals surface area contributed by atoms with Gasteiger partial charge >= 0.3 is 0 Å². The number of ether oxygens (including phenoxy) is 1. The third-order valence-corrected chi connectivity index (χ3v) is 2.15. The van der Waals surface area contributed by atoms with E-state index in [1.807, 2.05) is 6.07 Å². The van der Waals surface area contributed by atoms with Gasteiger partial charge in [0.2, 0.25) is 0 Å². The third-order valence-electron chi connectivity index (χ3n) is 2.15. The molecule has 0 aliphatic carbocycles. The van der Waals surface area contributed by atoms with Crippen molar-refractivity contribution in [3.8, 4) is 0 Å². The highest BCUT2D eigenvalue weighted by atomic mass is 16.5. The van der Waals surface area contributed by atoms with Crippen LogP contribution in [0.2, 0.25) is 0 Å². The Balaban J connectivity index is 2.08. The minimum Gasteiger partial charge on any atom is -0.373 e. The van der Waals surface area contributed by atoms with E-state index >= 15 is 0 Å². The zero-order valence-electron chi connectivity index (χ0n) is 7.07. The summed E-state index contributed by atoms with van der Waals surface area (Å²) in [5.41, 5.74) is 1.28. The normalized spacial score (nSPS) is 23.8. The van der Waals surface area contributed by atoms with Crippen molar-refractivity contribution in [2.45, 2.75) is 18.9 Å². The van der Waals surface area contributed by atoms with Crippen molar-refractivity contribution in [1.82, 2.24) is 0 Å². The Labute approximate surface area is 73.4 Å². The molecule has 1 unspecified atom stereocenters. The van der Waals surface area contributed by atoms with E-state index in [9.17, 15) is 0 Å². The van der Waals surface area contributed by atoms with E-state index < -0.39 is 0 Å². The molecule has 0 spiro atoms. The largest absolute Gasteiger partial charge is 0.373 e. The lowest BCUT2D eigenvalue weighted by atomic mass is 10.0. The van der Waals surface area contributed by atoms with Gasteiger partial charge in [-0.2, -0.15) is 0 Å². The first kappa shape index (κ1) is 7.81. The highest BCUT2D eigenvalue weighted by Crippen LogP contribution is 2.26. The van der Waals surface area contributed by atoms with Gasteiger partial charge in [-0.15, -0.1) is 0 Å². The average molecular weight is 161 g/mol. The molecule has 2 rings (SSSR count). The molecule has 1 saturated heterocycles. The first-order valence-electron chi connectivity index (χ1n) is 4.47. The van der Waals surface area contributed by atoms with E-state index in [2.05, 4.69) is 30.7 Å². The Hall–Kier alpha value is -0.820. The van der Waals surface area contributed by atoms with Gasteiger partial charge < -0.3 is 4.74 Å². The predicted octanol–water partition coefficient (Wildman–Crippen LogP) is 2.74. The molecule has 1 radical (unpaired) electrons. The first-order valence-corrected chi connectivity index (χ1v) is 4.47. The summed E-state index contributed by atoms with van der Waals surface area (Å²) in [6.45, 7) is 0.899. The van der Waals surface area contributed by atoms with Crippen LogP contribution in [-0.2, 0) is 4.74 Å². The first-order chi connectivity index (χ1) is 5.97. The van der Waals surface area contributed by atoms with Gasteiger partial charge in [-0.3, -0.25) is 0 Å². The minimum absolute atomic E-state index is 0.236. The van der Waals surface area contributed by atoms with Crippen LogP contribution in [0.25, 0.3) is 0 Å². The Morgan fingerprint density at radius 3 is 2.67 bits per heavy atom. The number of hydrogen-bond donors (Lipinski definition) is 0. The Morgan fingerprint density at radius 2 is 2.00 bits per heavy atom. The molecule has 1 aliphatic rings. The second kappa shape index (κ2) is 3.72. The lowest BCUT2D eigenvalue weighted by Crippen LogP contribution is -2.11. The van der Waals surface area contributed by atoms with Crippen molar-refractivity contribution in [3.05, 3.63) is 42.3 Å². The molecule has 12 heavy (non-hydrogen) atoms. The zero-order valence-corrected chi connectivity index (χ0v) is 7.07. The quantitative estimate of drug-likeness (QED) is 0.615. The number of benzene rings is 1. The Morgan fingerprint density at radius 1 is 1.17 bits per heavy atom. The van der Waals surface area contributed by atoms with Gasteiger partial charge in [0.25, 0.3) is 0 Å². The van der Waals surface area contributed by atoms with Crippen molar-refractivity contribution in [3.63, 3.8) is 0 Å². The molecule has 1 aromatic rings. The number of rotatable bonds is 1. The fourth-order valence-electron chi connectivity index (χ4n) is 1.51. The molecular formula is C11H13O. The fraction of sp³-hybridized carbons (Fsp3) is 0.364. The van der Waals surface area contributed by atoms with E-state index in [0.29, 0.717) is 0 Å². The van der Waals surface area contributed by atoms with Crippen LogP contribution in [0.5, 0.6) is 0 Å². The maximum Gasteiger partial charge on any atom is 0.0856 e. The predicted molar refractivity (Wildman–Crippen MR) is 48.7 cm³/mol. The molecule has 1 aromatic carbocycles. The van der Waals surface area contributed by atoms with Gasteiger partial charge in [0, 0.05) is 6.61 Å². The summed E-state index contributed by atoms with van der Waals surface area (Å²) in [6.07, 6.45) is 4.84. The summed E-state index contributed by atoms with van der Waals surface area (Å²) in [7, 11) is 0.